The third-order valence-electron chi connectivity index (χ3n) is 3.81. The van der Waals surface area contributed by atoms with Crippen LogP contribution in [0.25, 0.3) is 0 Å². The van der Waals surface area contributed by atoms with Crippen LogP contribution in [0.5, 0.6) is 5.75 Å². The zero-order valence-corrected chi connectivity index (χ0v) is 11.2. The normalized spacial score (nSPS) is 16.1. The Bertz CT molecular complexity index is 581. The van der Waals surface area contributed by atoms with Crippen LogP contribution < -0.4 is 5.32 Å². The van der Waals surface area contributed by atoms with E-state index in [0.717, 1.165) is 0 Å². The van der Waals surface area contributed by atoms with Gasteiger partial charge in [0.05, 0.1) is 0 Å². The van der Waals surface area contributed by atoms with Crippen molar-refractivity contribution in [3.8, 4) is 5.75 Å². The molecular formula is C17H18FNO. The molecule has 1 aliphatic rings. The molecule has 1 saturated carbocycles. The molecule has 0 aliphatic heterocycles. The van der Waals surface area contributed by atoms with Crippen molar-refractivity contribution in [3.05, 3.63) is 65.5 Å². The molecule has 20 heavy (non-hydrogen) atoms. The van der Waals surface area contributed by atoms with Crippen molar-refractivity contribution >= 4 is 0 Å². The second-order valence-electron chi connectivity index (χ2n) is 5.38. The van der Waals surface area contributed by atoms with Gasteiger partial charge in [-0.15, -0.1) is 0 Å². The van der Waals surface area contributed by atoms with Gasteiger partial charge in [0.25, 0.3) is 0 Å². The van der Waals surface area contributed by atoms with Crippen LogP contribution >= 0.6 is 0 Å². The predicted octanol–water partition coefficient (Wildman–Crippen LogP) is 3.77. The summed E-state index contributed by atoms with van der Waals surface area (Å²) >= 11 is 0. The van der Waals surface area contributed by atoms with Crippen molar-refractivity contribution in [1.82, 2.24) is 5.32 Å². The van der Waals surface area contributed by atoms with E-state index in [2.05, 4.69) is 17.4 Å². The number of rotatable bonds is 5. The number of halogens is 1. The number of hydrogen-bond acceptors (Lipinski definition) is 2. The minimum atomic E-state index is -0.317. The Morgan fingerprint density at radius 2 is 1.90 bits per heavy atom. The summed E-state index contributed by atoms with van der Waals surface area (Å²) in [5.74, 6) is 0.469. The molecule has 2 nitrogen and oxygen atoms in total. The quantitative estimate of drug-likeness (QED) is 0.867. The molecule has 0 spiro atoms. The second-order valence-corrected chi connectivity index (χ2v) is 5.38. The summed E-state index contributed by atoms with van der Waals surface area (Å²) in [5, 5.41) is 13.2. The van der Waals surface area contributed by atoms with Crippen LogP contribution in [0.15, 0.2) is 48.5 Å². The van der Waals surface area contributed by atoms with Gasteiger partial charge in [0, 0.05) is 18.2 Å². The van der Waals surface area contributed by atoms with E-state index in [1.54, 1.807) is 0 Å². The van der Waals surface area contributed by atoms with Gasteiger partial charge in [0.15, 0.2) is 0 Å². The van der Waals surface area contributed by atoms with E-state index in [-0.39, 0.29) is 17.6 Å². The minimum absolute atomic E-state index is 0.140. The maximum absolute atomic E-state index is 13.2. The average Bonchev–Trinajstić information content (AvgIpc) is 3.29. The summed E-state index contributed by atoms with van der Waals surface area (Å²) in [6.07, 6.45) is 2.45. The maximum atomic E-state index is 13.2. The Hall–Kier alpha value is -1.87. The van der Waals surface area contributed by atoms with E-state index in [9.17, 15) is 9.50 Å². The summed E-state index contributed by atoms with van der Waals surface area (Å²) in [6.45, 7) is 0.472. The van der Waals surface area contributed by atoms with Crippen LogP contribution in [0.1, 0.15) is 30.0 Å². The number of phenols is 1. The smallest absolute Gasteiger partial charge is 0.123 e. The van der Waals surface area contributed by atoms with Gasteiger partial charge in [-0.25, -0.2) is 4.39 Å². The van der Waals surface area contributed by atoms with Crippen molar-refractivity contribution in [1.29, 1.82) is 0 Å². The van der Waals surface area contributed by atoms with Crippen LogP contribution in [-0.4, -0.2) is 5.11 Å². The fourth-order valence-corrected chi connectivity index (χ4v) is 2.56. The first kappa shape index (κ1) is 13.1. The number of benzene rings is 2. The van der Waals surface area contributed by atoms with E-state index < -0.39 is 0 Å². The Kier molecular flexibility index (Phi) is 3.70. The topological polar surface area (TPSA) is 32.3 Å². The Balaban J connectivity index is 1.73. The van der Waals surface area contributed by atoms with E-state index in [1.165, 1.54) is 36.6 Å². The largest absolute Gasteiger partial charge is 0.508 e. The molecule has 104 valence electrons. The lowest BCUT2D eigenvalue weighted by molar-refractivity contribution is 0.443. The van der Waals surface area contributed by atoms with Crippen LogP contribution in [-0.2, 0) is 6.54 Å². The van der Waals surface area contributed by atoms with Gasteiger partial charge in [-0.3, -0.25) is 0 Å². The SMILES string of the molecule is Oc1ccc(F)cc1CNC(c1ccccc1)C1CC1. The summed E-state index contributed by atoms with van der Waals surface area (Å²) in [6, 6.07) is 14.6. The molecule has 0 amide bonds. The van der Waals surface area contributed by atoms with Crippen LogP contribution in [0, 0.1) is 11.7 Å². The molecule has 2 N–H and O–H groups in total. The highest BCUT2D eigenvalue weighted by molar-refractivity contribution is 5.32. The molecule has 1 atom stereocenters. The number of nitrogens with one attached hydrogen (secondary N) is 1. The van der Waals surface area contributed by atoms with Gasteiger partial charge in [-0.2, -0.15) is 0 Å². The zero-order valence-electron chi connectivity index (χ0n) is 11.2. The Morgan fingerprint density at radius 3 is 2.60 bits per heavy atom. The first-order valence-corrected chi connectivity index (χ1v) is 7.00. The summed E-state index contributed by atoms with van der Waals surface area (Å²) in [4.78, 5) is 0. The summed E-state index contributed by atoms with van der Waals surface area (Å²) < 4.78 is 13.2. The van der Waals surface area contributed by atoms with Crippen molar-refractivity contribution < 1.29 is 9.50 Å². The van der Waals surface area contributed by atoms with Gasteiger partial charge >= 0.3 is 0 Å². The fraction of sp³-hybridized carbons (Fsp3) is 0.294. The van der Waals surface area contributed by atoms with E-state index in [1.807, 2.05) is 18.2 Å². The molecule has 0 radical (unpaired) electrons. The molecule has 0 heterocycles. The lowest BCUT2D eigenvalue weighted by Crippen LogP contribution is -2.22. The van der Waals surface area contributed by atoms with Crippen molar-refractivity contribution in [2.24, 2.45) is 5.92 Å². The number of hydrogen-bond donors (Lipinski definition) is 2. The predicted molar refractivity (Wildman–Crippen MR) is 76.8 cm³/mol. The van der Waals surface area contributed by atoms with E-state index in [0.29, 0.717) is 18.0 Å². The molecule has 0 aromatic heterocycles. The Labute approximate surface area is 118 Å². The second kappa shape index (κ2) is 5.63. The average molecular weight is 271 g/mol. The Morgan fingerprint density at radius 1 is 1.15 bits per heavy atom. The summed E-state index contributed by atoms with van der Waals surface area (Å²) in [7, 11) is 0. The number of aromatic hydroxyl groups is 1. The van der Waals surface area contributed by atoms with Crippen molar-refractivity contribution in [2.75, 3.05) is 0 Å². The lowest BCUT2D eigenvalue weighted by Gasteiger charge is -2.19. The highest BCUT2D eigenvalue weighted by Gasteiger charge is 2.31. The molecular weight excluding hydrogens is 253 g/mol. The third kappa shape index (κ3) is 2.99. The van der Waals surface area contributed by atoms with Crippen molar-refractivity contribution in [2.45, 2.75) is 25.4 Å². The molecule has 0 saturated heterocycles. The van der Waals surface area contributed by atoms with Crippen LogP contribution in [0.2, 0.25) is 0 Å². The molecule has 3 heteroatoms. The summed E-state index contributed by atoms with van der Waals surface area (Å²) in [5.41, 5.74) is 1.86. The van der Waals surface area contributed by atoms with E-state index >= 15 is 0 Å². The van der Waals surface area contributed by atoms with Crippen LogP contribution in [0.3, 0.4) is 0 Å². The monoisotopic (exact) mass is 271 g/mol. The van der Waals surface area contributed by atoms with Crippen LogP contribution in [0.4, 0.5) is 4.39 Å². The van der Waals surface area contributed by atoms with E-state index in [4.69, 9.17) is 0 Å². The standard InChI is InChI=1S/C17H18FNO/c18-15-8-9-16(20)14(10-15)11-19-17(13-6-7-13)12-4-2-1-3-5-12/h1-5,8-10,13,17,19-20H,6-7,11H2. The molecule has 1 fully saturated rings. The molecule has 2 aromatic rings. The van der Waals surface area contributed by atoms with Gasteiger partial charge in [0.2, 0.25) is 0 Å². The molecule has 0 bridgehead atoms. The minimum Gasteiger partial charge on any atom is -0.508 e. The van der Waals surface area contributed by atoms with Crippen molar-refractivity contribution in [3.63, 3.8) is 0 Å². The zero-order chi connectivity index (χ0) is 13.9. The van der Waals surface area contributed by atoms with Gasteiger partial charge in [-0.1, -0.05) is 30.3 Å². The van der Waals surface area contributed by atoms with Gasteiger partial charge in [-0.05, 0) is 42.5 Å². The highest BCUT2D eigenvalue weighted by atomic mass is 19.1. The highest BCUT2D eigenvalue weighted by Crippen LogP contribution is 2.41. The maximum Gasteiger partial charge on any atom is 0.123 e. The first-order valence-electron chi connectivity index (χ1n) is 7.00. The van der Waals surface area contributed by atoms with Gasteiger partial charge < -0.3 is 10.4 Å². The molecule has 1 unspecified atom stereocenters. The first-order chi connectivity index (χ1) is 9.74. The fourth-order valence-electron chi connectivity index (χ4n) is 2.56. The molecule has 3 rings (SSSR count). The molecule has 1 aliphatic carbocycles. The number of phenolic OH excluding ortho intramolecular Hbond substituents is 1. The van der Waals surface area contributed by atoms with Gasteiger partial charge in [0.1, 0.15) is 11.6 Å². The molecule has 2 aromatic carbocycles. The lowest BCUT2D eigenvalue weighted by atomic mass is 10.0. The third-order valence-corrected chi connectivity index (χ3v) is 3.81.